The number of aromatic nitrogens is 4. The number of nitrogen functional groups attached to an aromatic ring is 1. The molecule has 11 heteroatoms. The highest BCUT2D eigenvalue weighted by Crippen LogP contribution is 2.44. The second-order valence-electron chi connectivity index (χ2n) is 7.54. The molecule has 0 bridgehead atoms. The number of carbonyl (C=O) groups is 1. The van der Waals surface area contributed by atoms with Crippen LogP contribution in [0.1, 0.15) is 35.2 Å². The number of benzene rings is 1. The lowest BCUT2D eigenvalue weighted by Gasteiger charge is -2.42. The molecule has 1 aromatic carbocycles. The number of anilines is 1. The molecule has 31 heavy (non-hydrogen) atoms. The SMILES string of the molecule is CS(=O)(=O)n1cc(C(=O)NC(=N)C2(c3ccc(-c4cnc(N)nc4)cc3)CCC2)cn1. The summed E-state index contributed by atoms with van der Waals surface area (Å²) in [4.78, 5) is 20.6. The lowest BCUT2D eigenvalue weighted by molar-refractivity contribution is 0.0972. The van der Waals surface area contributed by atoms with Crippen molar-refractivity contribution in [1.82, 2.24) is 24.5 Å². The first-order chi connectivity index (χ1) is 14.7. The van der Waals surface area contributed by atoms with Crippen molar-refractivity contribution in [1.29, 1.82) is 5.41 Å². The van der Waals surface area contributed by atoms with Gasteiger partial charge in [-0.1, -0.05) is 30.7 Å². The first-order valence-electron chi connectivity index (χ1n) is 9.53. The topological polar surface area (TPSA) is 157 Å². The van der Waals surface area contributed by atoms with Crippen molar-refractivity contribution in [3.63, 3.8) is 0 Å². The van der Waals surface area contributed by atoms with Gasteiger partial charge in [-0.3, -0.25) is 10.2 Å². The van der Waals surface area contributed by atoms with Crippen LogP contribution in [0.25, 0.3) is 11.1 Å². The Kier molecular flexibility index (Phi) is 5.05. The maximum Gasteiger partial charge on any atom is 0.259 e. The average molecular weight is 440 g/mol. The van der Waals surface area contributed by atoms with Gasteiger partial charge in [-0.05, 0) is 24.0 Å². The Morgan fingerprint density at radius 1 is 1.13 bits per heavy atom. The fourth-order valence-electron chi connectivity index (χ4n) is 3.59. The molecule has 1 aliphatic rings. The number of hydrogen-bond donors (Lipinski definition) is 3. The number of nitrogens with one attached hydrogen (secondary N) is 2. The summed E-state index contributed by atoms with van der Waals surface area (Å²) in [6, 6.07) is 7.73. The normalized spacial score (nSPS) is 15.1. The van der Waals surface area contributed by atoms with Gasteiger partial charge in [0.25, 0.3) is 15.9 Å². The smallest absolute Gasteiger partial charge is 0.259 e. The number of hydrogen-bond acceptors (Lipinski definition) is 8. The van der Waals surface area contributed by atoms with Crippen LogP contribution >= 0.6 is 0 Å². The van der Waals surface area contributed by atoms with Gasteiger partial charge >= 0.3 is 0 Å². The second kappa shape index (κ2) is 7.58. The maximum absolute atomic E-state index is 12.6. The number of rotatable bonds is 5. The Hall–Kier alpha value is -3.60. The van der Waals surface area contributed by atoms with Crippen LogP contribution < -0.4 is 11.1 Å². The zero-order chi connectivity index (χ0) is 22.2. The van der Waals surface area contributed by atoms with Crippen LogP contribution in [0.5, 0.6) is 0 Å². The monoisotopic (exact) mass is 439 g/mol. The van der Waals surface area contributed by atoms with E-state index in [1.54, 1.807) is 12.4 Å². The number of amides is 1. The van der Waals surface area contributed by atoms with Crippen molar-refractivity contribution in [2.24, 2.45) is 0 Å². The molecule has 3 aromatic rings. The Morgan fingerprint density at radius 2 is 1.77 bits per heavy atom. The summed E-state index contributed by atoms with van der Waals surface area (Å²) < 4.78 is 23.8. The molecular weight excluding hydrogens is 418 g/mol. The van der Waals surface area contributed by atoms with Gasteiger partial charge in [0.05, 0.1) is 29.6 Å². The minimum atomic E-state index is -3.58. The van der Waals surface area contributed by atoms with Gasteiger partial charge in [-0.15, -0.1) is 0 Å². The fourth-order valence-corrected chi connectivity index (χ4v) is 4.11. The largest absolute Gasteiger partial charge is 0.368 e. The Labute approximate surface area is 179 Å². The molecule has 4 N–H and O–H groups in total. The third-order valence-corrected chi connectivity index (χ3v) is 6.41. The van der Waals surface area contributed by atoms with E-state index in [1.807, 2.05) is 24.3 Å². The standard InChI is InChI=1S/C20H21N7O3S/c1-31(29,30)27-12-15(11-25-27)17(28)26-18(21)20(7-2-8-20)16-5-3-13(4-6-16)14-9-23-19(22)24-10-14/h3-6,9-12H,2,7-8H2,1H3,(H2,21,26,28)(H2,22,23,24). The van der Waals surface area contributed by atoms with Crippen LogP contribution in [0.3, 0.4) is 0 Å². The third kappa shape index (κ3) is 3.91. The quantitative estimate of drug-likeness (QED) is 0.402. The summed E-state index contributed by atoms with van der Waals surface area (Å²) in [5.41, 5.74) is 7.70. The number of nitrogens with two attached hydrogens (primary N) is 1. The predicted molar refractivity (Wildman–Crippen MR) is 115 cm³/mol. The first kappa shape index (κ1) is 20.7. The second-order valence-corrected chi connectivity index (χ2v) is 9.38. The Morgan fingerprint density at radius 3 is 2.29 bits per heavy atom. The molecule has 0 atom stereocenters. The summed E-state index contributed by atoms with van der Waals surface area (Å²) in [5.74, 6) is -0.277. The zero-order valence-electron chi connectivity index (χ0n) is 16.7. The number of nitrogens with zero attached hydrogens (tertiary/aromatic N) is 4. The van der Waals surface area contributed by atoms with E-state index in [0.29, 0.717) is 0 Å². The molecule has 1 aliphatic carbocycles. The van der Waals surface area contributed by atoms with Gasteiger partial charge in [0.15, 0.2) is 0 Å². The molecule has 4 rings (SSSR count). The molecule has 0 radical (unpaired) electrons. The number of carbonyl (C=O) groups excluding carboxylic acids is 1. The van der Waals surface area contributed by atoms with Crippen LogP contribution in [0.4, 0.5) is 5.95 Å². The van der Waals surface area contributed by atoms with E-state index in [9.17, 15) is 13.2 Å². The molecule has 10 nitrogen and oxygen atoms in total. The van der Waals surface area contributed by atoms with Crippen LogP contribution in [-0.4, -0.2) is 45.6 Å². The number of amidine groups is 1. The molecule has 1 fully saturated rings. The summed E-state index contributed by atoms with van der Waals surface area (Å²) in [6.07, 6.45) is 9.00. The summed E-state index contributed by atoms with van der Waals surface area (Å²) in [6.45, 7) is 0. The molecule has 0 spiro atoms. The highest BCUT2D eigenvalue weighted by molar-refractivity contribution is 7.89. The lowest BCUT2D eigenvalue weighted by atomic mass is 9.63. The van der Waals surface area contributed by atoms with E-state index in [1.165, 1.54) is 6.20 Å². The van der Waals surface area contributed by atoms with Gasteiger partial charge in [0, 0.05) is 18.0 Å². The van der Waals surface area contributed by atoms with Crippen molar-refractivity contribution in [2.75, 3.05) is 12.0 Å². The van der Waals surface area contributed by atoms with E-state index < -0.39 is 21.3 Å². The van der Waals surface area contributed by atoms with Crippen molar-refractivity contribution < 1.29 is 13.2 Å². The molecule has 2 aromatic heterocycles. The molecule has 0 unspecified atom stereocenters. The predicted octanol–water partition coefficient (Wildman–Crippen LogP) is 1.56. The van der Waals surface area contributed by atoms with Gasteiger partial charge in [-0.2, -0.15) is 9.19 Å². The highest BCUT2D eigenvalue weighted by Gasteiger charge is 2.43. The van der Waals surface area contributed by atoms with E-state index in [4.69, 9.17) is 11.1 Å². The minimum Gasteiger partial charge on any atom is -0.368 e. The van der Waals surface area contributed by atoms with Gasteiger partial charge in [-0.25, -0.2) is 18.4 Å². The van der Waals surface area contributed by atoms with Gasteiger partial charge < -0.3 is 11.1 Å². The highest BCUT2D eigenvalue weighted by atomic mass is 32.2. The Bertz CT molecular complexity index is 1240. The van der Waals surface area contributed by atoms with Crippen molar-refractivity contribution in [3.8, 4) is 11.1 Å². The molecular formula is C20H21N7O3S. The molecule has 1 amide bonds. The van der Waals surface area contributed by atoms with E-state index in [2.05, 4.69) is 20.4 Å². The van der Waals surface area contributed by atoms with Gasteiger partial charge in [0.1, 0.15) is 5.84 Å². The fraction of sp³-hybridized carbons (Fsp3) is 0.250. The van der Waals surface area contributed by atoms with E-state index in [0.717, 1.165) is 52.5 Å². The maximum atomic E-state index is 12.6. The van der Waals surface area contributed by atoms with Crippen LogP contribution in [0.2, 0.25) is 0 Å². The first-order valence-corrected chi connectivity index (χ1v) is 11.4. The van der Waals surface area contributed by atoms with Crippen LogP contribution in [0.15, 0.2) is 49.1 Å². The molecule has 0 aliphatic heterocycles. The van der Waals surface area contributed by atoms with Crippen molar-refractivity contribution in [3.05, 3.63) is 60.2 Å². The third-order valence-electron chi connectivity index (χ3n) is 5.53. The lowest BCUT2D eigenvalue weighted by Crippen LogP contribution is -2.50. The average Bonchev–Trinajstić information content (AvgIpc) is 3.19. The van der Waals surface area contributed by atoms with Crippen molar-refractivity contribution >= 4 is 27.7 Å². The van der Waals surface area contributed by atoms with E-state index in [-0.39, 0.29) is 17.3 Å². The molecule has 2 heterocycles. The van der Waals surface area contributed by atoms with Crippen LogP contribution in [-0.2, 0) is 15.4 Å². The molecule has 160 valence electrons. The summed E-state index contributed by atoms with van der Waals surface area (Å²) in [7, 11) is -3.58. The minimum absolute atomic E-state index is 0.0725. The summed E-state index contributed by atoms with van der Waals surface area (Å²) >= 11 is 0. The van der Waals surface area contributed by atoms with E-state index >= 15 is 0 Å². The van der Waals surface area contributed by atoms with Crippen molar-refractivity contribution in [2.45, 2.75) is 24.7 Å². The Balaban J connectivity index is 1.53. The molecule has 1 saturated carbocycles. The molecule has 0 saturated heterocycles. The van der Waals surface area contributed by atoms with Crippen LogP contribution in [0, 0.1) is 5.41 Å². The zero-order valence-corrected chi connectivity index (χ0v) is 17.6. The van der Waals surface area contributed by atoms with Gasteiger partial charge in [0.2, 0.25) is 5.95 Å². The summed E-state index contributed by atoms with van der Waals surface area (Å²) in [5, 5.41) is 14.9.